The summed E-state index contributed by atoms with van der Waals surface area (Å²) in [6.45, 7) is 9.10. The molecule has 0 amide bonds. The molecule has 1 atom stereocenters. The lowest BCUT2D eigenvalue weighted by Gasteiger charge is -2.18. The van der Waals surface area contributed by atoms with Crippen LogP contribution in [0.2, 0.25) is 0 Å². The van der Waals surface area contributed by atoms with Crippen molar-refractivity contribution in [3.63, 3.8) is 0 Å². The summed E-state index contributed by atoms with van der Waals surface area (Å²) in [5, 5.41) is 6.64. The number of hydrogen-bond donors (Lipinski definition) is 2. The maximum Gasteiger partial charge on any atom is 0.191 e. The van der Waals surface area contributed by atoms with Crippen molar-refractivity contribution in [2.45, 2.75) is 26.8 Å². The molecular formula is C15H25N3O. The maximum absolute atomic E-state index is 5.29. The normalized spacial score (nSPS) is 13.1. The van der Waals surface area contributed by atoms with Gasteiger partial charge in [-0.3, -0.25) is 4.99 Å². The molecule has 0 heterocycles. The summed E-state index contributed by atoms with van der Waals surface area (Å²) in [4.78, 5) is 4.49. The van der Waals surface area contributed by atoms with Crippen LogP contribution in [0.5, 0.6) is 0 Å². The van der Waals surface area contributed by atoms with Gasteiger partial charge in [0.25, 0.3) is 0 Å². The molecule has 0 aliphatic rings. The van der Waals surface area contributed by atoms with Gasteiger partial charge in [0.2, 0.25) is 0 Å². The zero-order valence-corrected chi connectivity index (χ0v) is 12.1. The van der Waals surface area contributed by atoms with Crippen molar-refractivity contribution < 1.29 is 4.74 Å². The van der Waals surface area contributed by atoms with Crippen LogP contribution in [0.3, 0.4) is 0 Å². The first-order valence-corrected chi connectivity index (χ1v) is 6.95. The number of hydrogen-bond acceptors (Lipinski definition) is 2. The first kappa shape index (κ1) is 15.5. The monoisotopic (exact) mass is 263 g/mol. The van der Waals surface area contributed by atoms with Crippen LogP contribution < -0.4 is 10.6 Å². The molecule has 0 fully saturated rings. The van der Waals surface area contributed by atoms with Gasteiger partial charge in [-0.1, -0.05) is 30.3 Å². The molecule has 1 aromatic carbocycles. The number of nitrogens with zero attached hydrogens (tertiary/aromatic N) is 1. The van der Waals surface area contributed by atoms with E-state index in [9.17, 15) is 0 Å². The summed E-state index contributed by atoms with van der Waals surface area (Å²) in [7, 11) is 0. The molecule has 0 aliphatic heterocycles. The van der Waals surface area contributed by atoms with Crippen LogP contribution in [0.1, 0.15) is 32.4 Å². The van der Waals surface area contributed by atoms with Crippen molar-refractivity contribution in [1.29, 1.82) is 0 Å². The Morgan fingerprint density at radius 3 is 2.63 bits per heavy atom. The lowest BCUT2D eigenvalue weighted by atomic mass is 10.1. The largest absolute Gasteiger partial charge is 0.380 e. The molecular weight excluding hydrogens is 238 g/mol. The molecule has 2 N–H and O–H groups in total. The average Bonchev–Trinajstić information content (AvgIpc) is 2.44. The van der Waals surface area contributed by atoms with Gasteiger partial charge < -0.3 is 15.4 Å². The lowest BCUT2D eigenvalue weighted by molar-refractivity contribution is 0.155. The summed E-state index contributed by atoms with van der Waals surface area (Å²) in [5.74, 6) is 0.832. The van der Waals surface area contributed by atoms with Crippen molar-refractivity contribution in [2.24, 2.45) is 4.99 Å². The highest BCUT2D eigenvalue weighted by Gasteiger charge is 2.06. The van der Waals surface area contributed by atoms with Crippen molar-refractivity contribution in [2.75, 3.05) is 26.3 Å². The molecule has 0 bridgehead atoms. The minimum atomic E-state index is 0.228. The van der Waals surface area contributed by atoms with Crippen LogP contribution in [0.25, 0.3) is 0 Å². The molecule has 0 saturated carbocycles. The van der Waals surface area contributed by atoms with E-state index in [0.717, 1.165) is 19.1 Å². The molecule has 0 spiro atoms. The number of aliphatic imine (C=N–C) groups is 1. The highest BCUT2D eigenvalue weighted by molar-refractivity contribution is 5.80. The second-order valence-electron chi connectivity index (χ2n) is 4.23. The quantitative estimate of drug-likeness (QED) is 0.451. The van der Waals surface area contributed by atoms with Crippen LogP contribution in [0.4, 0.5) is 0 Å². The zero-order valence-electron chi connectivity index (χ0n) is 12.1. The Morgan fingerprint density at radius 2 is 2.00 bits per heavy atom. The highest BCUT2D eigenvalue weighted by atomic mass is 16.5. The second-order valence-corrected chi connectivity index (χ2v) is 4.23. The molecule has 1 unspecified atom stereocenters. The predicted molar refractivity (Wildman–Crippen MR) is 80.5 cm³/mol. The number of rotatable bonds is 7. The summed E-state index contributed by atoms with van der Waals surface area (Å²) < 4.78 is 5.29. The third-order valence-corrected chi connectivity index (χ3v) is 2.71. The Kier molecular flexibility index (Phi) is 7.66. The Labute approximate surface area is 116 Å². The highest BCUT2D eigenvalue weighted by Crippen LogP contribution is 2.10. The van der Waals surface area contributed by atoms with E-state index >= 15 is 0 Å². The Balaban J connectivity index is 2.52. The summed E-state index contributed by atoms with van der Waals surface area (Å²) in [5.41, 5.74) is 1.25. The van der Waals surface area contributed by atoms with E-state index in [1.54, 1.807) is 0 Å². The number of ether oxygens (including phenoxy) is 1. The van der Waals surface area contributed by atoms with Gasteiger partial charge in [0.05, 0.1) is 19.2 Å². The first-order chi connectivity index (χ1) is 9.27. The van der Waals surface area contributed by atoms with Gasteiger partial charge in [0.15, 0.2) is 5.96 Å². The molecule has 4 heteroatoms. The maximum atomic E-state index is 5.29. The average molecular weight is 263 g/mol. The minimum Gasteiger partial charge on any atom is -0.380 e. The molecule has 0 aliphatic carbocycles. The number of benzene rings is 1. The first-order valence-electron chi connectivity index (χ1n) is 6.95. The fraction of sp³-hybridized carbons (Fsp3) is 0.533. The fourth-order valence-electron chi connectivity index (χ4n) is 1.72. The summed E-state index contributed by atoms with van der Waals surface area (Å²) >= 11 is 0. The molecule has 0 aromatic heterocycles. The summed E-state index contributed by atoms with van der Waals surface area (Å²) in [6, 6.07) is 10.6. The van der Waals surface area contributed by atoms with Gasteiger partial charge in [-0.2, -0.15) is 0 Å². The van der Waals surface area contributed by atoms with Crippen LogP contribution >= 0.6 is 0 Å². The van der Waals surface area contributed by atoms with Crippen molar-refractivity contribution in [1.82, 2.24) is 10.6 Å². The van der Waals surface area contributed by atoms with Gasteiger partial charge in [0.1, 0.15) is 0 Å². The Hall–Kier alpha value is -1.55. The number of nitrogens with one attached hydrogen (secondary N) is 2. The van der Waals surface area contributed by atoms with E-state index in [0.29, 0.717) is 13.2 Å². The second kappa shape index (κ2) is 9.39. The lowest BCUT2D eigenvalue weighted by Crippen LogP contribution is -2.39. The van der Waals surface area contributed by atoms with E-state index in [-0.39, 0.29) is 6.04 Å². The van der Waals surface area contributed by atoms with E-state index in [1.165, 1.54) is 5.56 Å². The van der Waals surface area contributed by atoms with Crippen LogP contribution in [-0.4, -0.2) is 32.3 Å². The minimum absolute atomic E-state index is 0.228. The standard InChI is InChI=1S/C15H25N3O/c1-4-16-15(17-11-12-19-5-2)18-13(3)14-9-7-6-8-10-14/h6-10,13H,4-5,11-12H2,1-3H3,(H2,16,17,18). The molecule has 1 rings (SSSR count). The predicted octanol–water partition coefficient (Wildman–Crippen LogP) is 2.34. The molecule has 0 saturated heterocycles. The van der Waals surface area contributed by atoms with Crippen LogP contribution in [0.15, 0.2) is 35.3 Å². The molecule has 1 aromatic rings. The zero-order chi connectivity index (χ0) is 13.9. The van der Waals surface area contributed by atoms with Crippen LogP contribution in [0, 0.1) is 0 Å². The Morgan fingerprint density at radius 1 is 1.26 bits per heavy atom. The molecule has 19 heavy (non-hydrogen) atoms. The van der Waals surface area contributed by atoms with Gasteiger partial charge in [-0.25, -0.2) is 0 Å². The van der Waals surface area contributed by atoms with Crippen molar-refractivity contribution in [3.8, 4) is 0 Å². The molecule has 4 nitrogen and oxygen atoms in total. The van der Waals surface area contributed by atoms with Gasteiger partial charge in [-0.15, -0.1) is 0 Å². The van der Waals surface area contributed by atoms with Gasteiger partial charge >= 0.3 is 0 Å². The van der Waals surface area contributed by atoms with E-state index in [2.05, 4.69) is 41.6 Å². The van der Waals surface area contributed by atoms with Crippen molar-refractivity contribution >= 4 is 5.96 Å². The smallest absolute Gasteiger partial charge is 0.191 e. The van der Waals surface area contributed by atoms with E-state index in [4.69, 9.17) is 4.74 Å². The van der Waals surface area contributed by atoms with E-state index < -0.39 is 0 Å². The van der Waals surface area contributed by atoms with E-state index in [1.807, 2.05) is 25.1 Å². The topological polar surface area (TPSA) is 45.7 Å². The Bertz CT molecular complexity index is 365. The van der Waals surface area contributed by atoms with Gasteiger partial charge in [0, 0.05) is 13.2 Å². The van der Waals surface area contributed by atoms with Crippen molar-refractivity contribution in [3.05, 3.63) is 35.9 Å². The SMILES string of the molecule is CCNC(=NCCOCC)NC(C)c1ccccc1. The molecule has 0 radical (unpaired) electrons. The van der Waals surface area contributed by atoms with Gasteiger partial charge in [-0.05, 0) is 26.3 Å². The summed E-state index contributed by atoms with van der Waals surface area (Å²) in [6.07, 6.45) is 0. The molecule has 106 valence electrons. The van der Waals surface area contributed by atoms with Crippen LogP contribution in [-0.2, 0) is 4.74 Å². The third-order valence-electron chi connectivity index (χ3n) is 2.71. The third kappa shape index (κ3) is 6.25. The number of guanidine groups is 1. The fourth-order valence-corrected chi connectivity index (χ4v) is 1.72.